The summed E-state index contributed by atoms with van der Waals surface area (Å²) in [5.41, 5.74) is 7.17. The van der Waals surface area contributed by atoms with Gasteiger partial charge in [0.1, 0.15) is 5.82 Å². The number of hydrogen-bond donors (Lipinski definition) is 3. The highest BCUT2D eigenvalue weighted by atomic mass is 15.2. The number of rotatable bonds is 3. The van der Waals surface area contributed by atoms with Gasteiger partial charge in [0.15, 0.2) is 5.65 Å². The fraction of sp³-hybridized carbons (Fsp3) is 0.0909. The molecule has 0 aromatic carbocycles. The Morgan fingerprint density at radius 3 is 3.06 bits per heavy atom. The first-order chi connectivity index (χ1) is 8.83. The van der Waals surface area contributed by atoms with Gasteiger partial charge < -0.3 is 11.1 Å². The first-order valence-electron chi connectivity index (χ1n) is 5.43. The number of pyridine rings is 1. The lowest BCUT2D eigenvalue weighted by Gasteiger charge is -2.06. The van der Waals surface area contributed by atoms with Crippen LogP contribution in [0.15, 0.2) is 30.6 Å². The molecule has 7 heteroatoms. The minimum Gasteiger partial charge on any atom is -0.368 e. The molecule has 0 fully saturated rings. The zero-order chi connectivity index (χ0) is 12.4. The maximum atomic E-state index is 5.63. The molecule has 0 saturated carbocycles. The van der Waals surface area contributed by atoms with E-state index >= 15 is 0 Å². The molecule has 0 aliphatic carbocycles. The second kappa shape index (κ2) is 4.28. The molecule has 0 aliphatic heterocycles. The number of nitrogens with two attached hydrogens (primary N) is 1. The zero-order valence-corrected chi connectivity index (χ0v) is 9.46. The predicted molar refractivity (Wildman–Crippen MR) is 67.7 cm³/mol. The molecule has 0 unspecified atom stereocenters. The Morgan fingerprint density at radius 2 is 2.22 bits per heavy atom. The molecule has 0 spiro atoms. The van der Waals surface area contributed by atoms with Crippen molar-refractivity contribution in [3.8, 4) is 0 Å². The Bertz CT molecular complexity index is 661. The minimum atomic E-state index is 0.204. The summed E-state index contributed by atoms with van der Waals surface area (Å²) in [5, 5.41) is 10.7. The van der Waals surface area contributed by atoms with Crippen molar-refractivity contribution in [3.63, 3.8) is 0 Å². The summed E-state index contributed by atoms with van der Waals surface area (Å²) in [6.45, 7) is 0.567. The molecule has 0 saturated heterocycles. The molecule has 3 aromatic heterocycles. The van der Waals surface area contributed by atoms with Crippen LogP contribution in [0.5, 0.6) is 0 Å². The summed E-state index contributed by atoms with van der Waals surface area (Å²) >= 11 is 0. The molecule has 90 valence electrons. The molecule has 4 N–H and O–H groups in total. The second-order valence-corrected chi connectivity index (χ2v) is 3.74. The van der Waals surface area contributed by atoms with E-state index < -0.39 is 0 Å². The van der Waals surface area contributed by atoms with Crippen molar-refractivity contribution in [1.29, 1.82) is 0 Å². The van der Waals surface area contributed by atoms with E-state index in [1.807, 2.05) is 18.2 Å². The van der Waals surface area contributed by atoms with Crippen LogP contribution in [0.25, 0.3) is 11.0 Å². The number of nitrogen functional groups attached to an aromatic ring is 1. The monoisotopic (exact) mass is 241 g/mol. The average molecular weight is 241 g/mol. The van der Waals surface area contributed by atoms with E-state index in [1.165, 1.54) is 0 Å². The van der Waals surface area contributed by atoms with Crippen LogP contribution >= 0.6 is 0 Å². The molecule has 0 atom stereocenters. The highest BCUT2D eigenvalue weighted by Gasteiger charge is 2.07. The van der Waals surface area contributed by atoms with Crippen molar-refractivity contribution < 1.29 is 0 Å². The van der Waals surface area contributed by atoms with Gasteiger partial charge in [-0.3, -0.25) is 10.1 Å². The van der Waals surface area contributed by atoms with Crippen molar-refractivity contribution in [3.05, 3.63) is 36.3 Å². The van der Waals surface area contributed by atoms with Gasteiger partial charge in [0.25, 0.3) is 0 Å². The van der Waals surface area contributed by atoms with E-state index in [9.17, 15) is 0 Å². The molecule has 3 rings (SSSR count). The maximum Gasteiger partial charge on any atom is 0.224 e. The van der Waals surface area contributed by atoms with Crippen molar-refractivity contribution in [1.82, 2.24) is 25.1 Å². The first kappa shape index (κ1) is 10.5. The van der Waals surface area contributed by atoms with Gasteiger partial charge >= 0.3 is 0 Å². The molecule has 3 aromatic rings. The minimum absolute atomic E-state index is 0.204. The topological polar surface area (TPSA) is 105 Å². The lowest BCUT2D eigenvalue weighted by molar-refractivity contribution is 1.03. The third kappa shape index (κ3) is 1.93. The summed E-state index contributed by atoms with van der Waals surface area (Å²) in [6.07, 6.45) is 3.41. The summed E-state index contributed by atoms with van der Waals surface area (Å²) in [7, 11) is 0. The SMILES string of the molecule is Nc1nc(NCc2ccccn2)c2cn[nH]c2n1. The lowest BCUT2D eigenvalue weighted by Crippen LogP contribution is -2.05. The quantitative estimate of drug-likeness (QED) is 0.630. The molecule has 0 bridgehead atoms. The van der Waals surface area contributed by atoms with Crippen LogP contribution in [0.4, 0.5) is 11.8 Å². The number of nitrogens with zero attached hydrogens (tertiary/aromatic N) is 4. The van der Waals surface area contributed by atoms with E-state index in [4.69, 9.17) is 5.73 Å². The number of anilines is 2. The molecule has 0 aliphatic rings. The van der Waals surface area contributed by atoms with E-state index in [2.05, 4.69) is 30.5 Å². The van der Waals surface area contributed by atoms with Crippen LogP contribution in [0.3, 0.4) is 0 Å². The van der Waals surface area contributed by atoms with Crippen LogP contribution in [0.2, 0.25) is 0 Å². The second-order valence-electron chi connectivity index (χ2n) is 3.74. The smallest absolute Gasteiger partial charge is 0.224 e. The highest BCUT2D eigenvalue weighted by Crippen LogP contribution is 2.18. The Hall–Kier alpha value is -2.70. The number of hydrogen-bond acceptors (Lipinski definition) is 6. The fourth-order valence-corrected chi connectivity index (χ4v) is 1.66. The van der Waals surface area contributed by atoms with Gasteiger partial charge in [0.2, 0.25) is 5.95 Å². The van der Waals surface area contributed by atoms with Gasteiger partial charge in [-0.15, -0.1) is 0 Å². The number of fused-ring (bicyclic) bond motifs is 1. The first-order valence-corrected chi connectivity index (χ1v) is 5.43. The van der Waals surface area contributed by atoms with E-state index in [-0.39, 0.29) is 5.95 Å². The van der Waals surface area contributed by atoms with Gasteiger partial charge in [-0.25, -0.2) is 0 Å². The van der Waals surface area contributed by atoms with Gasteiger partial charge in [0, 0.05) is 6.20 Å². The third-order valence-electron chi connectivity index (χ3n) is 2.49. The molecule has 7 nitrogen and oxygen atoms in total. The van der Waals surface area contributed by atoms with Crippen molar-refractivity contribution in [2.45, 2.75) is 6.54 Å². The molecule has 18 heavy (non-hydrogen) atoms. The van der Waals surface area contributed by atoms with Crippen molar-refractivity contribution >= 4 is 22.8 Å². The molecule has 0 radical (unpaired) electrons. The Balaban J connectivity index is 1.88. The third-order valence-corrected chi connectivity index (χ3v) is 2.49. The van der Waals surface area contributed by atoms with E-state index in [0.29, 0.717) is 18.0 Å². The standard InChI is InChI=1S/C11H11N7/c12-11-16-9(8-6-15-18-10(8)17-11)14-5-7-3-1-2-4-13-7/h1-4,6H,5H2,(H4,12,14,15,16,17,18). The summed E-state index contributed by atoms with van der Waals surface area (Å²) in [4.78, 5) is 12.4. The van der Waals surface area contributed by atoms with Gasteiger partial charge in [-0.05, 0) is 12.1 Å². The Kier molecular flexibility index (Phi) is 2.49. The Morgan fingerprint density at radius 1 is 1.28 bits per heavy atom. The zero-order valence-electron chi connectivity index (χ0n) is 9.46. The number of nitrogens with one attached hydrogen (secondary N) is 2. The van der Waals surface area contributed by atoms with Crippen LogP contribution < -0.4 is 11.1 Å². The molecular weight excluding hydrogens is 230 g/mol. The number of aromatic nitrogens is 5. The maximum absolute atomic E-state index is 5.63. The number of aromatic amines is 1. The van der Waals surface area contributed by atoms with Crippen LogP contribution in [0, 0.1) is 0 Å². The van der Waals surface area contributed by atoms with Crippen LogP contribution in [-0.4, -0.2) is 25.1 Å². The highest BCUT2D eigenvalue weighted by molar-refractivity contribution is 5.86. The largest absolute Gasteiger partial charge is 0.368 e. The van der Waals surface area contributed by atoms with Gasteiger partial charge in [0.05, 0.1) is 23.8 Å². The molecular formula is C11H11N7. The van der Waals surface area contributed by atoms with E-state index in [1.54, 1.807) is 12.4 Å². The van der Waals surface area contributed by atoms with Crippen LogP contribution in [-0.2, 0) is 6.54 Å². The van der Waals surface area contributed by atoms with Gasteiger partial charge in [-0.1, -0.05) is 6.07 Å². The summed E-state index contributed by atoms with van der Waals surface area (Å²) in [6, 6.07) is 5.75. The van der Waals surface area contributed by atoms with Crippen molar-refractivity contribution in [2.75, 3.05) is 11.1 Å². The lowest BCUT2D eigenvalue weighted by atomic mass is 10.3. The Labute approximate surface area is 102 Å². The summed E-state index contributed by atoms with van der Waals surface area (Å²) < 4.78 is 0. The molecule has 0 amide bonds. The average Bonchev–Trinajstić information content (AvgIpc) is 2.85. The van der Waals surface area contributed by atoms with Crippen LogP contribution in [0.1, 0.15) is 5.69 Å². The summed E-state index contributed by atoms with van der Waals surface area (Å²) in [5.74, 6) is 0.854. The normalized spacial score (nSPS) is 10.7. The van der Waals surface area contributed by atoms with Crippen molar-refractivity contribution in [2.24, 2.45) is 0 Å². The van der Waals surface area contributed by atoms with E-state index in [0.717, 1.165) is 11.1 Å². The number of H-pyrrole nitrogens is 1. The predicted octanol–water partition coefficient (Wildman–Crippen LogP) is 0.942. The fourth-order valence-electron chi connectivity index (χ4n) is 1.66. The molecule has 3 heterocycles. The van der Waals surface area contributed by atoms with Gasteiger partial charge in [-0.2, -0.15) is 15.1 Å².